The Kier molecular flexibility index (Phi) is 6.96. The molecular formula is C21H29BClNO6. The number of benzene rings is 1. The van der Waals surface area contributed by atoms with Gasteiger partial charge in [-0.3, -0.25) is 0 Å². The molecule has 9 heteroatoms. The summed E-state index contributed by atoms with van der Waals surface area (Å²) in [6.45, 7) is 13.1. The summed E-state index contributed by atoms with van der Waals surface area (Å²) < 4.78 is 17.5. The van der Waals surface area contributed by atoms with Gasteiger partial charge < -0.3 is 24.5 Å². The van der Waals surface area contributed by atoms with E-state index in [1.165, 1.54) is 12.1 Å². The summed E-state index contributed by atoms with van der Waals surface area (Å²) in [5.41, 5.74) is -0.593. The van der Waals surface area contributed by atoms with Gasteiger partial charge in [0.1, 0.15) is 5.60 Å². The van der Waals surface area contributed by atoms with Crippen LogP contribution >= 0.6 is 11.6 Å². The van der Waals surface area contributed by atoms with Crippen LogP contribution in [0.1, 0.15) is 64.4 Å². The summed E-state index contributed by atoms with van der Waals surface area (Å²) in [5.74, 6) is -1.09. The molecule has 1 aliphatic heterocycles. The Hall–Kier alpha value is -2.03. The summed E-state index contributed by atoms with van der Waals surface area (Å²) in [5, 5.41) is 12.3. The lowest BCUT2D eigenvalue weighted by molar-refractivity contribution is 0.00578. The fourth-order valence-electron chi connectivity index (χ4n) is 2.72. The Labute approximate surface area is 182 Å². The van der Waals surface area contributed by atoms with E-state index in [-0.39, 0.29) is 17.1 Å². The average molecular weight is 438 g/mol. The van der Waals surface area contributed by atoms with E-state index < -0.39 is 36.0 Å². The number of nitrogens with one attached hydrogen (secondary N) is 1. The molecule has 164 valence electrons. The molecule has 30 heavy (non-hydrogen) atoms. The summed E-state index contributed by atoms with van der Waals surface area (Å²) in [6.07, 6.45) is 1.12. The zero-order chi connectivity index (χ0) is 22.9. The van der Waals surface area contributed by atoms with Crippen LogP contribution in [0.25, 0.3) is 6.08 Å². The molecule has 0 unspecified atom stereocenters. The first-order valence-electron chi connectivity index (χ1n) is 9.66. The normalized spacial score (nSPS) is 18.3. The van der Waals surface area contributed by atoms with E-state index in [1.807, 2.05) is 27.7 Å². The molecule has 1 saturated heterocycles. The Bertz CT molecular complexity index is 844. The highest BCUT2D eigenvalue weighted by molar-refractivity contribution is 6.56. The Morgan fingerprint density at radius 1 is 1.17 bits per heavy atom. The fraction of sp³-hybridized carbons (Fsp3) is 0.524. The molecule has 1 aliphatic rings. The molecule has 0 saturated carbocycles. The number of halogens is 1. The zero-order valence-electron chi connectivity index (χ0n) is 18.5. The Morgan fingerprint density at radius 3 is 2.23 bits per heavy atom. The highest BCUT2D eigenvalue weighted by Crippen LogP contribution is 2.38. The molecule has 0 atom stereocenters. The smallest absolute Gasteiger partial charge is 0.478 e. The lowest BCUT2D eigenvalue weighted by Gasteiger charge is -2.32. The second-order valence-electron chi connectivity index (χ2n) is 9.24. The molecule has 0 spiro atoms. The molecule has 0 radical (unpaired) electrons. The molecule has 0 aliphatic carbocycles. The quantitative estimate of drug-likeness (QED) is 0.655. The first-order valence-corrected chi connectivity index (χ1v) is 10.0. The van der Waals surface area contributed by atoms with Crippen molar-refractivity contribution in [3.05, 3.63) is 39.8 Å². The van der Waals surface area contributed by atoms with Crippen molar-refractivity contribution in [3.8, 4) is 0 Å². The number of amides is 1. The number of carbonyl (C=O) groups is 2. The van der Waals surface area contributed by atoms with Gasteiger partial charge in [0.25, 0.3) is 0 Å². The number of carboxylic acid groups (broad SMARTS) is 1. The number of rotatable bonds is 5. The second-order valence-corrected chi connectivity index (χ2v) is 9.68. The lowest BCUT2D eigenvalue weighted by atomic mass is 9.77. The number of alkyl carbamates (subject to hydrolysis) is 1. The van der Waals surface area contributed by atoms with E-state index in [9.17, 15) is 14.7 Å². The monoisotopic (exact) mass is 437 g/mol. The summed E-state index contributed by atoms with van der Waals surface area (Å²) >= 11 is 6.08. The first kappa shape index (κ1) is 24.2. The summed E-state index contributed by atoms with van der Waals surface area (Å²) in [7, 11) is -0.739. The van der Waals surface area contributed by atoms with Crippen LogP contribution < -0.4 is 5.32 Å². The van der Waals surface area contributed by atoms with Crippen molar-refractivity contribution in [1.82, 2.24) is 5.32 Å². The van der Waals surface area contributed by atoms with Gasteiger partial charge in [0.05, 0.1) is 16.8 Å². The molecule has 1 heterocycles. The van der Waals surface area contributed by atoms with Crippen LogP contribution in [0.3, 0.4) is 0 Å². The van der Waals surface area contributed by atoms with Crippen molar-refractivity contribution in [2.45, 2.75) is 65.3 Å². The maximum Gasteiger partial charge on any atom is 0.492 e. The maximum atomic E-state index is 12.1. The highest BCUT2D eigenvalue weighted by Gasteiger charge is 2.52. The number of carbonyl (C=O) groups excluding carboxylic acids is 1. The number of aromatic carboxylic acids is 1. The van der Waals surface area contributed by atoms with Crippen LogP contribution in [0.5, 0.6) is 0 Å². The fourth-order valence-corrected chi connectivity index (χ4v) is 2.96. The minimum atomic E-state index is -1.09. The van der Waals surface area contributed by atoms with Crippen molar-refractivity contribution in [2.75, 3.05) is 6.54 Å². The van der Waals surface area contributed by atoms with Gasteiger partial charge in [-0.1, -0.05) is 17.7 Å². The van der Waals surface area contributed by atoms with Crippen LogP contribution in [-0.4, -0.2) is 47.6 Å². The van der Waals surface area contributed by atoms with Gasteiger partial charge in [-0.2, -0.15) is 0 Å². The topological polar surface area (TPSA) is 94.1 Å². The van der Waals surface area contributed by atoms with Gasteiger partial charge in [0.15, 0.2) is 0 Å². The van der Waals surface area contributed by atoms with Crippen molar-refractivity contribution < 1.29 is 28.7 Å². The predicted octanol–water partition coefficient (Wildman–Crippen LogP) is 4.58. The largest absolute Gasteiger partial charge is 0.492 e. The van der Waals surface area contributed by atoms with Crippen molar-refractivity contribution >= 4 is 36.9 Å². The van der Waals surface area contributed by atoms with Crippen LogP contribution in [-0.2, 0) is 14.0 Å². The number of carboxylic acids is 1. The van der Waals surface area contributed by atoms with Gasteiger partial charge in [0, 0.05) is 11.6 Å². The van der Waals surface area contributed by atoms with E-state index in [2.05, 4.69) is 5.32 Å². The average Bonchev–Trinajstić information content (AvgIpc) is 2.77. The summed E-state index contributed by atoms with van der Waals surface area (Å²) in [6, 6.07) is 4.49. The molecule has 2 rings (SSSR count). The molecule has 1 fully saturated rings. The second kappa shape index (κ2) is 8.61. The van der Waals surface area contributed by atoms with E-state index in [1.54, 1.807) is 32.9 Å². The number of hydrogen-bond donors (Lipinski definition) is 2. The molecule has 1 aromatic carbocycles. The van der Waals surface area contributed by atoms with Gasteiger partial charge >= 0.3 is 19.2 Å². The first-order chi connectivity index (χ1) is 13.6. The molecule has 7 nitrogen and oxygen atoms in total. The number of ether oxygens (including phenoxy) is 1. The van der Waals surface area contributed by atoms with Crippen LogP contribution in [0.2, 0.25) is 5.02 Å². The van der Waals surface area contributed by atoms with Gasteiger partial charge in [0.2, 0.25) is 0 Å². The summed E-state index contributed by atoms with van der Waals surface area (Å²) in [4.78, 5) is 23.5. The Morgan fingerprint density at radius 2 is 1.73 bits per heavy atom. The van der Waals surface area contributed by atoms with Crippen LogP contribution in [0.4, 0.5) is 4.79 Å². The highest BCUT2D eigenvalue weighted by atomic mass is 35.5. The SMILES string of the molecule is CC(C)(C)OC(=O)NCC(=Cc1cc(Cl)cc(C(=O)O)c1)B1OC(C)(C)C(C)(C)O1. The van der Waals surface area contributed by atoms with E-state index >= 15 is 0 Å². The zero-order valence-corrected chi connectivity index (χ0v) is 19.2. The van der Waals surface area contributed by atoms with Crippen molar-refractivity contribution in [1.29, 1.82) is 0 Å². The van der Waals surface area contributed by atoms with E-state index in [0.29, 0.717) is 11.0 Å². The van der Waals surface area contributed by atoms with Crippen molar-refractivity contribution in [2.24, 2.45) is 0 Å². The third kappa shape index (κ3) is 6.24. The van der Waals surface area contributed by atoms with Gasteiger partial charge in [-0.15, -0.1) is 0 Å². The predicted molar refractivity (Wildman–Crippen MR) is 117 cm³/mol. The van der Waals surface area contributed by atoms with Gasteiger partial charge in [-0.25, -0.2) is 9.59 Å². The minimum absolute atomic E-state index is 0.0575. The van der Waals surface area contributed by atoms with Crippen LogP contribution in [0, 0.1) is 0 Å². The van der Waals surface area contributed by atoms with Crippen LogP contribution in [0.15, 0.2) is 23.7 Å². The lowest BCUT2D eigenvalue weighted by Crippen LogP contribution is -2.41. The van der Waals surface area contributed by atoms with E-state index in [4.69, 9.17) is 25.6 Å². The van der Waals surface area contributed by atoms with Crippen molar-refractivity contribution in [3.63, 3.8) is 0 Å². The molecule has 2 N–H and O–H groups in total. The maximum absolute atomic E-state index is 12.1. The number of hydrogen-bond acceptors (Lipinski definition) is 5. The third-order valence-corrected chi connectivity index (χ3v) is 5.13. The standard InChI is InChI=1S/C21H29BClNO6/c1-19(2,3)28-18(27)24-12-15(22-29-20(4,5)21(6,7)30-22)9-13-8-14(17(25)26)11-16(23)10-13/h8-11H,12H2,1-7H3,(H,24,27)(H,25,26). The Balaban J connectivity index is 2.36. The molecule has 1 aromatic rings. The van der Waals surface area contributed by atoms with Gasteiger partial charge in [-0.05, 0) is 77.7 Å². The molecule has 1 amide bonds. The minimum Gasteiger partial charge on any atom is -0.478 e. The van der Waals surface area contributed by atoms with E-state index in [0.717, 1.165) is 0 Å². The molecule has 0 aromatic heterocycles. The molecule has 0 bridgehead atoms. The third-order valence-electron chi connectivity index (χ3n) is 4.91. The molecular weight excluding hydrogens is 408 g/mol.